The summed E-state index contributed by atoms with van der Waals surface area (Å²) >= 11 is 0. The average molecular weight is 435 g/mol. The third-order valence-electron chi connectivity index (χ3n) is 6.01. The maximum Gasteiger partial charge on any atom is 0.319 e. The van der Waals surface area contributed by atoms with Crippen molar-refractivity contribution < 1.29 is 14.3 Å². The molecule has 0 spiro atoms. The number of nitrogens with one attached hydrogen (secondary N) is 1. The van der Waals surface area contributed by atoms with Gasteiger partial charge < -0.3 is 10.1 Å². The van der Waals surface area contributed by atoms with E-state index in [0.717, 1.165) is 42.9 Å². The Labute approximate surface area is 189 Å². The van der Waals surface area contributed by atoms with E-state index in [4.69, 9.17) is 4.74 Å². The maximum atomic E-state index is 12.7. The first-order valence-electron chi connectivity index (χ1n) is 11.2. The van der Waals surface area contributed by atoms with Crippen LogP contribution in [0.2, 0.25) is 0 Å². The van der Waals surface area contributed by atoms with Gasteiger partial charge in [-0.3, -0.25) is 19.5 Å². The molecule has 0 bridgehead atoms. The van der Waals surface area contributed by atoms with Crippen molar-refractivity contribution in [3.05, 3.63) is 64.7 Å². The molecule has 2 aromatic rings. The molecular weight excluding hydrogens is 404 g/mol. The van der Waals surface area contributed by atoms with Crippen LogP contribution in [0.3, 0.4) is 0 Å². The summed E-state index contributed by atoms with van der Waals surface area (Å²) in [5.41, 5.74) is 4.71. The van der Waals surface area contributed by atoms with Crippen LogP contribution in [0.25, 0.3) is 0 Å². The van der Waals surface area contributed by atoms with Crippen molar-refractivity contribution in [2.75, 3.05) is 38.6 Å². The van der Waals surface area contributed by atoms with Gasteiger partial charge in [-0.1, -0.05) is 18.2 Å². The van der Waals surface area contributed by atoms with E-state index in [2.05, 4.69) is 26.4 Å². The maximum absolute atomic E-state index is 12.7. The van der Waals surface area contributed by atoms with Crippen molar-refractivity contribution in [1.29, 1.82) is 0 Å². The number of esters is 1. The second-order valence-electron chi connectivity index (χ2n) is 8.36. The highest BCUT2D eigenvalue weighted by atomic mass is 16.5. The fourth-order valence-corrected chi connectivity index (χ4v) is 4.14. The number of piperidine rings is 1. The van der Waals surface area contributed by atoms with Gasteiger partial charge in [-0.25, -0.2) is 0 Å². The summed E-state index contributed by atoms with van der Waals surface area (Å²) in [5, 5.41) is 9.63. The number of carbonyl (C=O) groups is 2. The van der Waals surface area contributed by atoms with Gasteiger partial charge in [-0.2, -0.15) is 5.10 Å². The molecule has 0 aliphatic carbocycles. The second kappa shape index (κ2) is 10.4. The van der Waals surface area contributed by atoms with E-state index in [-0.39, 0.29) is 18.4 Å². The minimum Gasteiger partial charge on any atom is -0.468 e. The van der Waals surface area contributed by atoms with Crippen LogP contribution in [-0.2, 0) is 22.5 Å². The molecule has 2 heterocycles. The van der Waals surface area contributed by atoms with Gasteiger partial charge in [-0.15, -0.1) is 0 Å². The smallest absolute Gasteiger partial charge is 0.319 e. The normalized spacial score (nSPS) is 16.6. The molecule has 7 nitrogen and oxygen atoms in total. The Morgan fingerprint density at radius 2 is 1.81 bits per heavy atom. The molecule has 32 heavy (non-hydrogen) atoms. The molecule has 2 aliphatic rings. The van der Waals surface area contributed by atoms with Crippen LogP contribution in [0.1, 0.15) is 46.3 Å². The standard InChI is InChI=1S/C25H30N4O3/c1-32-24(30)18-28-14-11-20-9-10-23(15-22(20)17-28)27-25(31)21-7-5-19(6-8-21)16-26-29-12-3-2-4-13-29/h5-10,15-16H,2-4,11-14,17-18H2,1H3,(H,27,31). The largest absolute Gasteiger partial charge is 0.468 e. The molecule has 4 rings (SSSR count). The van der Waals surface area contributed by atoms with Crippen LogP contribution < -0.4 is 5.32 Å². The lowest BCUT2D eigenvalue weighted by atomic mass is 9.99. The highest BCUT2D eigenvalue weighted by Gasteiger charge is 2.19. The number of benzene rings is 2. The third kappa shape index (κ3) is 5.73. The molecule has 168 valence electrons. The number of amides is 1. The molecule has 0 saturated carbocycles. The Morgan fingerprint density at radius 1 is 1.03 bits per heavy atom. The Bertz CT molecular complexity index is 981. The number of methoxy groups -OCH3 is 1. The van der Waals surface area contributed by atoms with Gasteiger partial charge in [0, 0.05) is 37.4 Å². The number of rotatable bonds is 6. The summed E-state index contributed by atoms with van der Waals surface area (Å²) in [6, 6.07) is 13.5. The number of nitrogens with zero attached hydrogens (tertiary/aromatic N) is 3. The zero-order valence-electron chi connectivity index (χ0n) is 18.5. The lowest BCUT2D eigenvalue weighted by molar-refractivity contribution is -0.142. The van der Waals surface area contributed by atoms with E-state index in [9.17, 15) is 9.59 Å². The third-order valence-corrected chi connectivity index (χ3v) is 6.01. The van der Waals surface area contributed by atoms with Crippen molar-refractivity contribution in [2.24, 2.45) is 5.10 Å². The predicted molar refractivity (Wildman–Crippen MR) is 125 cm³/mol. The van der Waals surface area contributed by atoms with Crippen LogP contribution in [0.15, 0.2) is 47.6 Å². The number of hydrazone groups is 1. The summed E-state index contributed by atoms with van der Waals surface area (Å²) < 4.78 is 4.77. The topological polar surface area (TPSA) is 74.2 Å². The van der Waals surface area contributed by atoms with Crippen molar-refractivity contribution in [3.8, 4) is 0 Å². The van der Waals surface area contributed by atoms with Gasteiger partial charge in [-0.05, 0) is 66.6 Å². The van der Waals surface area contributed by atoms with Crippen molar-refractivity contribution in [2.45, 2.75) is 32.2 Å². The number of hydrogen-bond acceptors (Lipinski definition) is 6. The van der Waals surface area contributed by atoms with Crippen LogP contribution in [0.4, 0.5) is 5.69 Å². The van der Waals surface area contributed by atoms with Crippen LogP contribution in [0, 0.1) is 0 Å². The number of ether oxygens (including phenoxy) is 1. The summed E-state index contributed by atoms with van der Waals surface area (Å²) in [6.45, 7) is 3.79. The highest BCUT2D eigenvalue weighted by Crippen LogP contribution is 2.23. The second-order valence-corrected chi connectivity index (χ2v) is 8.36. The molecule has 7 heteroatoms. The molecule has 1 saturated heterocycles. The average Bonchev–Trinajstić information content (AvgIpc) is 2.83. The fourth-order valence-electron chi connectivity index (χ4n) is 4.14. The van der Waals surface area contributed by atoms with Crippen molar-refractivity contribution >= 4 is 23.8 Å². The molecule has 1 fully saturated rings. The molecule has 1 N–H and O–H groups in total. The van der Waals surface area contributed by atoms with E-state index in [1.54, 1.807) is 0 Å². The molecule has 1 amide bonds. The van der Waals surface area contributed by atoms with Gasteiger partial charge >= 0.3 is 5.97 Å². The fraction of sp³-hybridized carbons (Fsp3) is 0.400. The molecule has 2 aromatic carbocycles. The van der Waals surface area contributed by atoms with Gasteiger partial charge in [0.25, 0.3) is 5.91 Å². The van der Waals surface area contributed by atoms with E-state index in [0.29, 0.717) is 12.1 Å². The molecule has 0 unspecified atom stereocenters. The van der Waals surface area contributed by atoms with Crippen molar-refractivity contribution in [3.63, 3.8) is 0 Å². The Kier molecular flexibility index (Phi) is 7.17. The summed E-state index contributed by atoms with van der Waals surface area (Å²) in [5.74, 6) is -0.381. The summed E-state index contributed by atoms with van der Waals surface area (Å²) in [4.78, 5) is 26.4. The molecule has 2 aliphatic heterocycles. The predicted octanol–water partition coefficient (Wildman–Crippen LogP) is 3.29. The minimum absolute atomic E-state index is 0.147. The SMILES string of the molecule is COC(=O)CN1CCc2ccc(NC(=O)c3ccc(C=NN4CCCCC4)cc3)cc2C1. The quantitative estimate of drug-likeness (QED) is 0.558. The summed E-state index contributed by atoms with van der Waals surface area (Å²) in [7, 11) is 1.40. The number of fused-ring (bicyclic) bond motifs is 1. The molecule has 0 radical (unpaired) electrons. The molecular formula is C25H30N4O3. The Hall–Kier alpha value is -3.19. The van der Waals surface area contributed by atoms with Gasteiger partial charge in [0.2, 0.25) is 0 Å². The van der Waals surface area contributed by atoms with Gasteiger partial charge in [0.05, 0.1) is 19.9 Å². The number of hydrogen-bond donors (Lipinski definition) is 1. The van der Waals surface area contributed by atoms with E-state index in [1.807, 2.05) is 42.6 Å². The molecule has 0 aromatic heterocycles. The van der Waals surface area contributed by atoms with Crippen LogP contribution >= 0.6 is 0 Å². The van der Waals surface area contributed by atoms with Gasteiger partial charge in [0.15, 0.2) is 0 Å². The van der Waals surface area contributed by atoms with Crippen molar-refractivity contribution in [1.82, 2.24) is 9.91 Å². The van der Waals surface area contributed by atoms with E-state index >= 15 is 0 Å². The first-order valence-corrected chi connectivity index (χ1v) is 11.2. The number of anilines is 1. The zero-order valence-corrected chi connectivity index (χ0v) is 18.5. The lowest BCUT2D eigenvalue weighted by Gasteiger charge is -2.28. The monoisotopic (exact) mass is 434 g/mol. The minimum atomic E-state index is -0.234. The molecule has 0 atom stereocenters. The first kappa shape index (κ1) is 22.0. The van der Waals surface area contributed by atoms with Gasteiger partial charge in [0.1, 0.15) is 0 Å². The van der Waals surface area contributed by atoms with E-state index in [1.165, 1.54) is 31.9 Å². The summed E-state index contributed by atoms with van der Waals surface area (Å²) in [6.07, 6.45) is 6.41. The van der Waals surface area contributed by atoms with E-state index < -0.39 is 0 Å². The number of carbonyl (C=O) groups excluding carboxylic acids is 2. The highest BCUT2D eigenvalue weighted by molar-refractivity contribution is 6.04. The van der Waals surface area contributed by atoms with Crippen LogP contribution in [0.5, 0.6) is 0 Å². The Balaban J connectivity index is 1.36. The Morgan fingerprint density at radius 3 is 2.56 bits per heavy atom. The lowest BCUT2D eigenvalue weighted by Crippen LogP contribution is -2.35. The zero-order chi connectivity index (χ0) is 22.3. The first-order chi connectivity index (χ1) is 15.6. The van der Waals surface area contributed by atoms with Crippen LogP contribution in [-0.4, -0.2) is 61.3 Å².